The molecule has 4 atom stereocenters. The molecule has 8 nitrogen and oxygen atoms in total. The molecule has 0 aliphatic heterocycles. The van der Waals surface area contributed by atoms with Crippen LogP contribution in [0, 0.1) is 0 Å². The number of hydrogen-bond acceptors (Lipinski definition) is 5. The molecule has 0 bridgehead atoms. The summed E-state index contributed by atoms with van der Waals surface area (Å²) in [6.07, 6.45) is -1.08. The Kier molecular flexibility index (Phi) is 5.23. The fraction of sp³-hybridized carbons (Fsp3) is 0.583. The van der Waals surface area contributed by atoms with Gasteiger partial charge in [-0.2, -0.15) is 0 Å². The highest BCUT2D eigenvalue weighted by Gasteiger charge is 2.33. The first kappa shape index (κ1) is 16.1. The summed E-state index contributed by atoms with van der Waals surface area (Å²) in [5, 5.41) is 24.2. The highest BCUT2D eigenvalue weighted by atomic mass is 16.3. The smallest absolute Gasteiger partial charge is 0.247 e. The molecule has 112 valence electrons. The van der Waals surface area contributed by atoms with Gasteiger partial charge in [0.2, 0.25) is 17.7 Å². The summed E-state index contributed by atoms with van der Waals surface area (Å²) in [7, 11) is 0. The Morgan fingerprint density at radius 2 is 2.00 bits per heavy atom. The average molecular weight is 285 g/mol. The van der Waals surface area contributed by atoms with Crippen molar-refractivity contribution in [3.63, 3.8) is 0 Å². The lowest BCUT2D eigenvalue weighted by atomic mass is 9.90. The van der Waals surface area contributed by atoms with Gasteiger partial charge < -0.3 is 26.6 Å². The van der Waals surface area contributed by atoms with Crippen LogP contribution in [-0.4, -0.2) is 52.2 Å². The zero-order valence-electron chi connectivity index (χ0n) is 11.3. The van der Waals surface area contributed by atoms with Crippen LogP contribution in [0.5, 0.6) is 0 Å². The number of nitrogens with one attached hydrogen (secondary N) is 2. The third kappa shape index (κ3) is 4.04. The van der Waals surface area contributed by atoms with E-state index in [1.54, 1.807) is 0 Å². The number of aliphatic hydroxyl groups is 2. The molecule has 1 aliphatic rings. The molecule has 0 aromatic rings. The first-order chi connectivity index (χ1) is 9.22. The molecular formula is C12H19N3O5. The molecule has 0 fully saturated rings. The van der Waals surface area contributed by atoms with Crippen molar-refractivity contribution in [1.29, 1.82) is 0 Å². The molecule has 0 aromatic carbocycles. The molecule has 20 heavy (non-hydrogen) atoms. The van der Waals surface area contributed by atoms with E-state index in [1.165, 1.54) is 19.9 Å². The Labute approximate surface area is 116 Å². The maximum atomic E-state index is 11.9. The number of carbonyl (C=O) groups excluding carboxylic acids is 3. The molecule has 3 amide bonds. The number of carbonyl (C=O) groups is 3. The predicted octanol–water partition coefficient (Wildman–Crippen LogP) is -2.47. The Bertz CT molecular complexity index is 448. The van der Waals surface area contributed by atoms with Gasteiger partial charge in [0.1, 0.15) is 12.1 Å². The molecule has 0 saturated carbocycles. The van der Waals surface area contributed by atoms with Gasteiger partial charge in [-0.05, 0) is 6.92 Å². The second kappa shape index (κ2) is 6.49. The number of amides is 3. The molecule has 0 aromatic heterocycles. The van der Waals surface area contributed by atoms with Gasteiger partial charge >= 0.3 is 0 Å². The van der Waals surface area contributed by atoms with Gasteiger partial charge in [-0.25, -0.2) is 0 Å². The number of aliphatic hydroxyl groups excluding tert-OH is 2. The number of hydrogen-bond donors (Lipinski definition) is 5. The van der Waals surface area contributed by atoms with Crippen LogP contribution in [-0.2, 0) is 14.4 Å². The van der Waals surface area contributed by atoms with Gasteiger partial charge in [0, 0.05) is 18.9 Å². The third-order valence-electron chi connectivity index (χ3n) is 3.01. The normalized spacial score (nSPS) is 27.2. The maximum absolute atomic E-state index is 11.9. The molecule has 4 unspecified atom stereocenters. The van der Waals surface area contributed by atoms with Crippen molar-refractivity contribution in [3.05, 3.63) is 11.6 Å². The van der Waals surface area contributed by atoms with Gasteiger partial charge in [0.25, 0.3) is 0 Å². The largest absolute Gasteiger partial charge is 0.390 e. The lowest BCUT2D eigenvalue weighted by Gasteiger charge is -2.31. The lowest BCUT2D eigenvalue weighted by Crippen LogP contribution is -2.51. The molecule has 8 heteroatoms. The van der Waals surface area contributed by atoms with E-state index in [-0.39, 0.29) is 12.0 Å². The van der Waals surface area contributed by atoms with Crippen LogP contribution in [0.4, 0.5) is 0 Å². The monoisotopic (exact) mass is 285 g/mol. The van der Waals surface area contributed by atoms with Gasteiger partial charge in [0.15, 0.2) is 0 Å². The average Bonchev–Trinajstić information content (AvgIpc) is 2.33. The highest BCUT2D eigenvalue weighted by molar-refractivity contribution is 5.97. The quantitative estimate of drug-likeness (QED) is 0.389. The van der Waals surface area contributed by atoms with Crippen molar-refractivity contribution in [1.82, 2.24) is 10.6 Å². The summed E-state index contributed by atoms with van der Waals surface area (Å²) in [6, 6.07) is -1.72. The van der Waals surface area contributed by atoms with Crippen LogP contribution >= 0.6 is 0 Å². The van der Waals surface area contributed by atoms with E-state index in [0.29, 0.717) is 0 Å². The van der Waals surface area contributed by atoms with Crippen molar-refractivity contribution < 1.29 is 24.6 Å². The Morgan fingerprint density at radius 1 is 1.40 bits per heavy atom. The van der Waals surface area contributed by atoms with E-state index in [2.05, 4.69) is 10.6 Å². The van der Waals surface area contributed by atoms with Gasteiger partial charge in [-0.15, -0.1) is 0 Å². The summed E-state index contributed by atoms with van der Waals surface area (Å²) in [6.45, 7) is 2.69. The lowest BCUT2D eigenvalue weighted by molar-refractivity contribution is -0.125. The summed E-state index contributed by atoms with van der Waals surface area (Å²) >= 11 is 0. The molecular weight excluding hydrogens is 266 g/mol. The van der Waals surface area contributed by atoms with Gasteiger partial charge in [-0.3, -0.25) is 14.4 Å². The van der Waals surface area contributed by atoms with E-state index in [9.17, 15) is 24.6 Å². The number of nitrogens with two attached hydrogens (primary N) is 1. The standard InChI is InChI=1S/C12H19N3O5/c1-5(11(13)19)14-12(20)7-3-8(15-6(2)16)10(18)9(17)4-7/h3,5,8-10,17-18H,4H2,1-2H3,(H2,13,19)(H,14,20)(H,15,16). The van der Waals surface area contributed by atoms with Crippen LogP contribution in [0.15, 0.2) is 11.6 Å². The molecule has 0 spiro atoms. The Hall–Kier alpha value is -1.93. The van der Waals surface area contributed by atoms with Gasteiger partial charge in [0.05, 0.1) is 12.1 Å². The minimum absolute atomic E-state index is 0.0748. The predicted molar refractivity (Wildman–Crippen MR) is 69.1 cm³/mol. The summed E-state index contributed by atoms with van der Waals surface area (Å²) < 4.78 is 0. The maximum Gasteiger partial charge on any atom is 0.247 e. The van der Waals surface area contributed by atoms with E-state index < -0.39 is 42.0 Å². The fourth-order valence-corrected chi connectivity index (χ4v) is 1.86. The minimum Gasteiger partial charge on any atom is -0.390 e. The highest BCUT2D eigenvalue weighted by Crippen LogP contribution is 2.20. The van der Waals surface area contributed by atoms with E-state index >= 15 is 0 Å². The molecule has 1 aliphatic carbocycles. The molecule has 0 saturated heterocycles. The minimum atomic E-state index is -1.19. The van der Waals surface area contributed by atoms with Gasteiger partial charge in [-0.1, -0.05) is 6.08 Å². The van der Waals surface area contributed by atoms with Crippen molar-refractivity contribution in [2.24, 2.45) is 5.73 Å². The van der Waals surface area contributed by atoms with Crippen molar-refractivity contribution >= 4 is 17.7 Å². The SMILES string of the molecule is CC(=O)NC1C=C(C(=O)NC(C)C(N)=O)CC(O)C1O. The summed E-state index contributed by atoms with van der Waals surface area (Å²) in [4.78, 5) is 33.8. The van der Waals surface area contributed by atoms with E-state index in [0.717, 1.165) is 0 Å². The van der Waals surface area contributed by atoms with Crippen molar-refractivity contribution in [2.75, 3.05) is 0 Å². The van der Waals surface area contributed by atoms with Crippen LogP contribution < -0.4 is 16.4 Å². The second-order valence-electron chi connectivity index (χ2n) is 4.78. The first-order valence-electron chi connectivity index (χ1n) is 6.16. The third-order valence-corrected chi connectivity index (χ3v) is 3.01. The zero-order chi connectivity index (χ0) is 15.4. The molecule has 0 heterocycles. The topological polar surface area (TPSA) is 142 Å². The van der Waals surface area contributed by atoms with Crippen LogP contribution in [0.2, 0.25) is 0 Å². The Morgan fingerprint density at radius 3 is 2.50 bits per heavy atom. The number of rotatable bonds is 4. The molecule has 1 rings (SSSR count). The molecule has 6 N–H and O–H groups in total. The number of primary amides is 1. The van der Waals surface area contributed by atoms with E-state index in [1.807, 2.05) is 0 Å². The van der Waals surface area contributed by atoms with Crippen molar-refractivity contribution in [2.45, 2.75) is 44.6 Å². The van der Waals surface area contributed by atoms with Crippen LogP contribution in [0.1, 0.15) is 20.3 Å². The fourth-order valence-electron chi connectivity index (χ4n) is 1.86. The zero-order valence-corrected chi connectivity index (χ0v) is 11.3. The second-order valence-corrected chi connectivity index (χ2v) is 4.78. The van der Waals surface area contributed by atoms with E-state index in [4.69, 9.17) is 5.73 Å². The Balaban J connectivity index is 2.84. The van der Waals surface area contributed by atoms with Crippen LogP contribution in [0.25, 0.3) is 0 Å². The molecule has 0 radical (unpaired) electrons. The summed E-state index contributed by atoms with van der Waals surface area (Å²) in [5.74, 6) is -1.66. The first-order valence-corrected chi connectivity index (χ1v) is 6.16. The van der Waals surface area contributed by atoms with Crippen LogP contribution in [0.3, 0.4) is 0 Å². The van der Waals surface area contributed by atoms with Crippen molar-refractivity contribution in [3.8, 4) is 0 Å². The summed E-state index contributed by atoms with van der Waals surface area (Å²) in [5.41, 5.74) is 5.21.